The summed E-state index contributed by atoms with van der Waals surface area (Å²) in [5, 5.41) is 2.80. The van der Waals surface area contributed by atoms with Crippen molar-refractivity contribution in [3.05, 3.63) is 18.2 Å². The molecule has 0 radical (unpaired) electrons. The van der Waals surface area contributed by atoms with Crippen LogP contribution in [0.2, 0.25) is 0 Å². The Morgan fingerprint density at radius 3 is 2.86 bits per heavy atom. The first kappa shape index (κ1) is 16.9. The number of nitrogens with one attached hydrogen (secondary N) is 1. The van der Waals surface area contributed by atoms with Gasteiger partial charge in [-0.05, 0) is 13.8 Å². The van der Waals surface area contributed by atoms with Crippen molar-refractivity contribution >= 4 is 15.9 Å². The number of aromatic nitrogens is 2. The van der Waals surface area contributed by atoms with E-state index in [0.29, 0.717) is 13.1 Å². The number of aryl methyl sites for hydroxylation is 1. The van der Waals surface area contributed by atoms with Crippen LogP contribution in [0.25, 0.3) is 0 Å². The Morgan fingerprint density at radius 2 is 2.27 bits per heavy atom. The fourth-order valence-corrected chi connectivity index (χ4v) is 3.26. The van der Waals surface area contributed by atoms with Gasteiger partial charge in [0.25, 0.3) is 5.91 Å². The van der Waals surface area contributed by atoms with Crippen molar-refractivity contribution in [3.8, 4) is 0 Å². The molecule has 1 atom stereocenters. The van der Waals surface area contributed by atoms with Crippen LogP contribution in [0, 0.1) is 6.92 Å². The van der Waals surface area contributed by atoms with Crippen LogP contribution in [0.15, 0.2) is 12.4 Å². The van der Waals surface area contributed by atoms with E-state index in [9.17, 15) is 13.2 Å². The molecule has 9 heteroatoms. The fourth-order valence-electron chi connectivity index (χ4n) is 2.37. The average Bonchev–Trinajstić information content (AvgIpc) is 2.83. The van der Waals surface area contributed by atoms with Crippen molar-refractivity contribution in [2.24, 2.45) is 0 Å². The number of morpholine rings is 1. The Morgan fingerprint density at radius 1 is 1.55 bits per heavy atom. The number of carbonyl (C=O) groups is 1. The molecule has 0 unspecified atom stereocenters. The van der Waals surface area contributed by atoms with Gasteiger partial charge in [0.1, 0.15) is 5.82 Å². The lowest BCUT2D eigenvalue weighted by molar-refractivity contribution is -0.152. The van der Waals surface area contributed by atoms with Gasteiger partial charge in [-0.25, -0.2) is 13.4 Å². The second kappa shape index (κ2) is 6.35. The smallest absolute Gasteiger partial charge is 0.253 e. The molecule has 1 aromatic rings. The van der Waals surface area contributed by atoms with Crippen LogP contribution in [0.5, 0.6) is 0 Å². The highest BCUT2D eigenvalue weighted by atomic mass is 32.2. The zero-order chi connectivity index (χ0) is 16.4. The maximum Gasteiger partial charge on any atom is 0.253 e. The predicted octanol–water partition coefficient (Wildman–Crippen LogP) is -0.642. The van der Waals surface area contributed by atoms with Crippen LogP contribution >= 0.6 is 0 Å². The number of nitrogens with zero attached hydrogens (tertiary/aromatic N) is 3. The van der Waals surface area contributed by atoms with Crippen LogP contribution in [0.1, 0.15) is 12.7 Å². The highest BCUT2D eigenvalue weighted by molar-refractivity contribution is 7.88. The molecular weight excluding hydrogens is 308 g/mol. The van der Waals surface area contributed by atoms with Gasteiger partial charge in [0, 0.05) is 32.0 Å². The number of ether oxygens (including phenoxy) is 1. The van der Waals surface area contributed by atoms with Crippen molar-refractivity contribution in [2.75, 3.05) is 32.5 Å². The third-order valence-corrected chi connectivity index (χ3v) is 5.00. The molecule has 1 fully saturated rings. The normalized spacial score (nSPS) is 23.4. The zero-order valence-corrected chi connectivity index (χ0v) is 13.9. The Balaban J connectivity index is 1.92. The van der Waals surface area contributed by atoms with E-state index in [2.05, 4.69) is 10.3 Å². The molecule has 0 bridgehead atoms. The molecule has 2 rings (SSSR count). The monoisotopic (exact) mass is 330 g/mol. The van der Waals surface area contributed by atoms with Gasteiger partial charge in [-0.15, -0.1) is 0 Å². The van der Waals surface area contributed by atoms with E-state index in [1.807, 2.05) is 17.7 Å². The maximum absolute atomic E-state index is 12.3. The molecule has 1 amide bonds. The van der Waals surface area contributed by atoms with Crippen molar-refractivity contribution in [2.45, 2.75) is 26.0 Å². The van der Waals surface area contributed by atoms with Gasteiger partial charge in [-0.3, -0.25) is 4.79 Å². The minimum absolute atomic E-state index is 0.0295. The summed E-state index contributed by atoms with van der Waals surface area (Å²) in [4.78, 5) is 16.4. The van der Waals surface area contributed by atoms with E-state index >= 15 is 0 Å². The summed E-state index contributed by atoms with van der Waals surface area (Å²) in [6.07, 6.45) is 4.68. The van der Waals surface area contributed by atoms with E-state index in [0.717, 1.165) is 12.1 Å². The van der Waals surface area contributed by atoms with Crippen molar-refractivity contribution < 1.29 is 17.9 Å². The van der Waals surface area contributed by atoms with E-state index in [4.69, 9.17) is 4.74 Å². The number of hydrogen-bond acceptors (Lipinski definition) is 5. The summed E-state index contributed by atoms with van der Waals surface area (Å²) in [6, 6.07) is 0. The number of sulfonamides is 1. The van der Waals surface area contributed by atoms with Gasteiger partial charge in [-0.2, -0.15) is 4.31 Å². The van der Waals surface area contributed by atoms with Crippen LogP contribution in [0.3, 0.4) is 0 Å². The van der Waals surface area contributed by atoms with E-state index in [1.54, 1.807) is 13.1 Å². The van der Waals surface area contributed by atoms with Crippen molar-refractivity contribution in [1.82, 2.24) is 19.2 Å². The molecule has 1 aromatic heterocycles. The second-order valence-electron chi connectivity index (χ2n) is 5.60. The van der Waals surface area contributed by atoms with Crippen LogP contribution < -0.4 is 5.32 Å². The number of carbonyl (C=O) groups excluding carboxylic acids is 1. The molecule has 0 saturated carbocycles. The molecule has 1 aliphatic heterocycles. The Labute approximate surface area is 130 Å². The highest BCUT2D eigenvalue weighted by Gasteiger charge is 2.41. The molecule has 0 aliphatic carbocycles. The number of imidazole rings is 1. The minimum Gasteiger partial charge on any atom is -0.363 e. The lowest BCUT2D eigenvalue weighted by atomic mass is 10.0. The summed E-state index contributed by atoms with van der Waals surface area (Å²) < 4.78 is 32.0. The first-order valence-electron chi connectivity index (χ1n) is 7.07. The molecule has 2 heterocycles. The first-order chi connectivity index (χ1) is 10.2. The predicted molar refractivity (Wildman–Crippen MR) is 80.7 cm³/mol. The maximum atomic E-state index is 12.3. The Bertz CT molecular complexity index is 642. The lowest BCUT2D eigenvalue weighted by Gasteiger charge is -2.37. The van der Waals surface area contributed by atoms with Gasteiger partial charge in [0.05, 0.1) is 19.4 Å². The molecule has 22 heavy (non-hydrogen) atoms. The van der Waals surface area contributed by atoms with Gasteiger partial charge in [0.15, 0.2) is 5.60 Å². The first-order valence-corrected chi connectivity index (χ1v) is 8.92. The number of amides is 1. The van der Waals surface area contributed by atoms with Gasteiger partial charge >= 0.3 is 0 Å². The summed E-state index contributed by atoms with van der Waals surface area (Å²) in [5.74, 6) is 0.566. The highest BCUT2D eigenvalue weighted by Crippen LogP contribution is 2.19. The molecule has 124 valence electrons. The molecule has 1 N–H and O–H groups in total. The quantitative estimate of drug-likeness (QED) is 0.775. The second-order valence-corrected chi connectivity index (χ2v) is 7.58. The topological polar surface area (TPSA) is 93.5 Å². The summed E-state index contributed by atoms with van der Waals surface area (Å²) >= 11 is 0. The summed E-state index contributed by atoms with van der Waals surface area (Å²) in [6.45, 7) is 5.03. The Kier molecular flexibility index (Phi) is 4.88. The molecule has 1 aliphatic rings. The van der Waals surface area contributed by atoms with E-state index < -0.39 is 15.6 Å². The molecule has 8 nitrogen and oxygen atoms in total. The van der Waals surface area contributed by atoms with Crippen molar-refractivity contribution in [3.63, 3.8) is 0 Å². The van der Waals surface area contributed by atoms with E-state index in [-0.39, 0.29) is 25.6 Å². The minimum atomic E-state index is -3.33. The van der Waals surface area contributed by atoms with Crippen LogP contribution in [-0.4, -0.2) is 66.3 Å². The number of rotatable bonds is 5. The molecule has 1 saturated heterocycles. The molecule has 0 spiro atoms. The summed E-state index contributed by atoms with van der Waals surface area (Å²) in [7, 11) is -3.33. The third-order valence-electron chi connectivity index (χ3n) is 3.75. The van der Waals surface area contributed by atoms with Crippen molar-refractivity contribution in [1.29, 1.82) is 0 Å². The summed E-state index contributed by atoms with van der Waals surface area (Å²) in [5.41, 5.74) is -1.16. The van der Waals surface area contributed by atoms with Gasteiger partial charge in [0.2, 0.25) is 10.0 Å². The standard InChI is InChI=1S/C13H22N4O4S/c1-11-14-4-6-16(11)7-5-15-12(18)13(2)10-17(8-9-21-13)22(3,19)20/h4,6H,5,7-10H2,1-3H3,(H,15,18)/t13-/m1/s1. The van der Waals surface area contributed by atoms with Crippen LogP contribution in [0.4, 0.5) is 0 Å². The lowest BCUT2D eigenvalue weighted by Crippen LogP contribution is -2.59. The third kappa shape index (κ3) is 3.84. The molecular formula is C13H22N4O4S. The fraction of sp³-hybridized carbons (Fsp3) is 0.692. The average molecular weight is 330 g/mol. The number of hydrogen-bond donors (Lipinski definition) is 1. The van der Waals surface area contributed by atoms with E-state index in [1.165, 1.54) is 4.31 Å². The van der Waals surface area contributed by atoms with Crippen LogP contribution in [-0.2, 0) is 26.1 Å². The van der Waals surface area contributed by atoms with Gasteiger partial charge < -0.3 is 14.6 Å². The zero-order valence-electron chi connectivity index (χ0n) is 13.1. The largest absolute Gasteiger partial charge is 0.363 e. The molecule has 0 aromatic carbocycles. The Hall–Kier alpha value is -1.45. The van der Waals surface area contributed by atoms with Gasteiger partial charge in [-0.1, -0.05) is 0 Å². The SMILES string of the molecule is Cc1nccn1CCNC(=O)[C@@]1(C)CN(S(C)(=O)=O)CCO1.